The number of hydrogen-bond donors (Lipinski definition) is 6. The van der Waals surface area contributed by atoms with Gasteiger partial charge in [0.25, 0.3) is 0 Å². The number of allylic oxidation sites excluding steroid dienone is 5. The van der Waals surface area contributed by atoms with Crippen LogP contribution in [0.4, 0.5) is 0 Å². The minimum Gasteiger partial charge on any atom is -0.508 e. The smallest absolute Gasteiger partial charge is 0.325 e. The van der Waals surface area contributed by atoms with Gasteiger partial charge in [-0.1, -0.05) is 69.4 Å². The molecular formula is C44H65N5O8. The molecule has 1 saturated heterocycles. The number of amides is 3. The van der Waals surface area contributed by atoms with E-state index in [4.69, 9.17) is 4.74 Å². The van der Waals surface area contributed by atoms with Crippen LogP contribution in [0.25, 0.3) is 0 Å². The molecule has 3 amide bonds. The lowest BCUT2D eigenvalue weighted by Gasteiger charge is -2.36. The maximum Gasteiger partial charge on any atom is 0.325 e. The van der Waals surface area contributed by atoms with E-state index >= 15 is 0 Å². The number of aliphatic hydroxyl groups excluding tert-OH is 1. The van der Waals surface area contributed by atoms with Crippen LogP contribution in [0.1, 0.15) is 92.6 Å². The lowest BCUT2D eigenvalue weighted by molar-refractivity contribution is -0.153. The van der Waals surface area contributed by atoms with Crippen molar-refractivity contribution < 1.29 is 38.9 Å². The molecular weight excluding hydrogens is 727 g/mol. The van der Waals surface area contributed by atoms with Crippen molar-refractivity contribution in [3.63, 3.8) is 0 Å². The van der Waals surface area contributed by atoms with Gasteiger partial charge in [0, 0.05) is 44.1 Å². The van der Waals surface area contributed by atoms with Crippen LogP contribution >= 0.6 is 0 Å². The molecule has 8 unspecified atom stereocenters. The van der Waals surface area contributed by atoms with Crippen LogP contribution in [0, 0.1) is 17.8 Å². The van der Waals surface area contributed by atoms with Crippen LogP contribution in [-0.2, 0) is 35.1 Å². The number of phenolic OH excluding ortho intramolecular Hbond substituents is 1. The fourth-order valence-corrected chi connectivity index (χ4v) is 6.91. The van der Waals surface area contributed by atoms with E-state index in [1.165, 1.54) is 13.0 Å². The van der Waals surface area contributed by atoms with E-state index in [1.807, 2.05) is 76.9 Å². The number of carbonyl (C=O) groups excluding carboxylic acids is 5. The molecule has 1 aromatic carbocycles. The molecule has 57 heavy (non-hydrogen) atoms. The van der Waals surface area contributed by atoms with Gasteiger partial charge in [0.15, 0.2) is 0 Å². The summed E-state index contributed by atoms with van der Waals surface area (Å²) in [7, 11) is 0. The summed E-state index contributed by atoms with van der Waals surface area (Å²) in [5.41, 5.74) is 4.84. The van der Waals surface area contributed by atoms with Gasteiger partial charge in [-0.05, 0) is 94.9 Å². The molecule has 8 atom stereocenters. The van der Waals surface area contributed by atoms with Crippen molar-refractivity contribution in [3.8, 4) is 5.75 Å². The van der Waals surface area contributed by atoms with Crippen LogP contribution in [0.3, 0.4) is 0 Å². The monoisotopic (exact) mass is 791 g/mol. The van der Waals surface area contributed by atoms with Crippen LogP contribution in [0.15, 0.2) is 72.4 Å². The number of ketones is 1. The molecule has 1 aromatic rings. The minimum absolute atomic E-state index is 0.00684. The SMILES string of the molecule is CC(=O)CCC1C(=O)NC(C(C)C)C(=O)NC(Cc2cccc(O)c2)CN2CCCC(N2)C(=O)OC(C(C)=CC=CC(=O)NC(C)C)CC=CC=CCC(C)C1O. The highest BCUT2D eigenvalue weighted by atomic mass is 16.5. The van der Waals surface area contributed by atoms with Crippen molar-refractivity contribution in [3.05, 3.63) is 77.9 Å². The Labute approximate surface area is 338 Å². The molecule has 2 aliphatic rings. The molecule has 2 bridgehead atoms. The Morgan fingerprint density at radius 3 is 2.42 bits per heavy atom. The predicted octanol–water partition coefficient (Wildman–Crippen LogP) is 4.36. The quantitative estimate of drug-likeness (QED) is 0.113. The number of ether oxygens (including phenoxy) is 1. The Morgan fingerprint density at radius 1 is 1.04 bits per heavy atom. The number of aromatic hydroxyl groups is 1. The number of hydrogen-bond acceptors (Lipinski definition) is 10. The number of benzene rings is 1. The summed E-state index contributed by atoms with van der Waals surface area (Å²) >= 11 is 0. The third-order valence-corrected chi connectivity index (χ3v) is 10.2. The summed E-state index contributed by atoms with van der Waals surface area (Å²) in [6, 6.07) is 4.67. The van der Waals surface area contributed by atoms with Gasteiger partial charge in [0.2, 0.25) is 17.7 Å². The van der Waals surface area contributed by atoms with Crippen molar-refractivity contribution in [2.75, 3.05) is 13.1 Å². The van der Waals surface area contributed by atoms with Crippen molar-refractivity contribution in [2.45, 2.75) is 130 Å². The van der Waals surface area contributed by atoms with Crippen molar-refractivity contribution in [2.24, 2.45) is 17.8 Å². The number of carbonyl (C=O) groups is 5. The molecule has 0 aromatic heterocycles. The third-order valence-electron chi connectivity index (χ3n) is 10.2. The molecule has 6 N–H and O–H groups in total. The Balaban J connectivity index is 1.99. The third kappa shape index (κ3) is 16.4. The zero-order valence-corrected chi connectivity index (χ0v) is 34.7. The Hall–Kier alpha value is -4.59. The van der Waals surface area contributed by atoms with E-state index in [9.17, 15) is 34.2 Å². The van der Waals surface area contributed by atoms with E-state index in [0.29, 0.717) is 45.2 Å². The van der Waals surface area contributed by atoms with Gasteiger partial charge in [-0.3, -0.25) is 19.2 Å². The van der Waals surface area contributed by atoms with Crippen molar-refractivity contribution in [1.82, 2.24) is 26.4 Å². The number of esters is 1. The number of cyclic esters (lactones) is 1. The molecule has 13 nitrogen and oxygen atoms in total. The first kappa shape index (κ1) is 46.8. The summed E-state index contributed by atoms with van der Waals surface area (Å²) in [4.78, 5) is 65.9. The molecule has 3 rings (SSSR count). The first-order chi connectivity index (χ1) is 27.0. The average molecular weight is 792 g/mol. The van der Waals surface area contributed by atoms with Crippen molar-refractivity contribution >= 4 is 29.5 Å². The molecule has 0 saturated carbocycles. The average Bonchev–Trinajstić information content (AvgIpc) is 3.13. The number of fused-ring (bicyclic) bond motifs is 2. The van der Waals surface area contributed by atoms with Crippen LogP contribution < -0.4 is 21.4 Å². The van der Waals surface area contributed by atoms with E-state index in [-0.39, 0.29) is 48.2 Å². The molecule has 2 heterocycles. The van der Waals surface area contributed by atoms with Gasteiger partial charge in [-0.2, -0.15) is 0 Å². The normalized spacial score (nSPS) is 27.6. The molecule has 13 heteroatoms. The van der Waals surface area contributed by atoms with E-state index in [0.717, 1.165) is 11.1 Å². The number of aliphatic hydroxyl groups is 1. The van der Waals surface area contributed by atoms with Crippen LogP contribution in [0.5, 0.6) is 5.75 Å². The number of nitrogens with zero attached hydrogens (tertiary/aromatic N) is 1. The zero-order valence-electron chi connectivity index (χ0n) is 34.7. The lowest BCUT2D eigenvalue weighted by atomic mass is 9.85. The van der Waals surface area contributed by atoms with Gasteiger partial charge in [-0.25, -0.2) is 10.4 Å². The fraction of sp³-hybridized carbons (Fsp3) is 0.568. The Morgan fingerprint density at radius 2 is 1.75 bits per heavy atom. The van der Waals surface area contributed by atoms with Gasteiger partial charge in [0.05, 0.1) is 12.0 Å². The molecule has 0 radical (unpaired) electrons. The van der Waals surface area contributed by atoms with Crippen LogP contribution in [0.2, 0.25) is 0 Å². The number of phenols is 1. The summed E-state index contributed by atoms with van der Waals surface area (Å²) in [6.07, 6.45) is 13.2. The van der Waals surface area contributed by atoms with E-state index in [2.05, 4.69) is 21.4 Å². The second-order valence-electron chi connectivity index (χ2n) is 16.1. The van der Waals surface area contributed by atoms with Gasteiger partial charge in [0.1, 0.15) is 29.7 Å². The Bertz CT molecular complexity index is 1640. The topological polar surface area (TPSA) is 186 Å². The lowest BCUT2D eigenvalue weighted by Crippen LogP contribution is -2.59. The second kappa shape index (κ2) is 23.6. The first-order valence-electron chi connectivity index (χ1n) is 20.3. The summed E-state index contributed by atoms with van der Waals surface area (Å²) in [6.45, 7) is 13.4. The summed E-state index contributed by atoms with van der Waals surface area (Å²) < 4.78 is 6.12. The maximum absolute atomic E-state index is 14.1. The zero-order chi connectivity index (χ0) is 42.1. The second-order valence-corrected chi connectivity index (χ2v) is 16.1. The molecule has 0 aliphatic carbocycles. The van der Waals surface area contributed by atoms with E-state index in [1.54, 1.807) is 30.4 Å². The van der Waals surface area contributed by atoms with Gasteiger partial charge in [-0.15, -0.1) is 0 Å². The number of Topliss-reactive ketones (excluding diaryl/α,β-unsaturated/α-hetero) is 1. The van der Waals surface area contributed by atoms with Gasteiger partial charge < -0.3 is 35.7 Å². The standard InChI is InChI=1S/C44H65N5O8/c1-28(2)40-43(55)46-34(25-33-17-13-18-35(51)26-33)27-49-24-14-19-37(48-49)44(56)57-38(30(5)16-12-21-39(52)45-29(3)4)20-11-9-8-10-15-31(6)41(53)36(42(54)47-40)23-22-32(7)50/h8-13,16-18,21,26,28-29,31,34,36-38,40-41,48,51,53H,14-15,19-20,22-25,27H2,1-7H3,(H,45,52)(H,46,55)(H,47,54). The van der Waals surface area contributed by atoms with E-state index < -0.39 is 54.0 Å². The first-order valence-corrected chi connectivity index (χ1v) is 20.3. The fourth-order valence-electron chi connectivity index (χ4n) is 6.91. The number of nitrogens with one attached hydrogen (secondary N) is 4. The Kier molecular flexibility index (Phi) is 19.4. The predicted molar refractivity (Wildman–Crippen MR) is 220 cm³/mol. The number of hydrazine groups is 1. The van der Waals surface area contributed by atoms with Crippen molar-refractivity contribution in [1.29, 1.82) is 0 Å². The molecule has 0 spiro atoms. The largest absolute Gasteiger partial charge is 0.508 e. The molecule has 1 fully saturated rings. The summed E-state index contributed by atoms with van der Waals surface area (Å²) in [5, 5.41) is 32.4. The molecule has 314 valence electrons. The number of rotatable bonds is 10. The molecule has 2 aliphatic heterocycles. The highest BCUT2D eigenvalue weighted by Gasteiger charge is 2.35. The highest BCUT2D eigenvalue weighted by molar-refractivity contribution is 5.89. The minimum atomic E-state index is -1.09. The maximum atomic E-state index is 14.1. The van der Waals surface area contributed by atoms with Crippen LogP contribution in [-0.4, -0.2) is 94.2 Å². The highest BCUT2D eigenvalue weighted by Crippen LogP contribution is 2.24. The van der Waals surface area contributed by atoms with Gasteiger partial charge >= 0.3 is 5.97 Å². The summed E-state index contributed by atoms with van der Waals surface area (Å²) in [5.74, 6) is -3.17.